The van der Waals surface area contributed by atoms with E-state index in [1.807, 2.05) is 16.7 Å². The van der Waals surface area contributed by atoms with Crippen molar-refractivity contribution >= 4 is 23.6 Å². The van der Waals surface area contributed by atoms with Crippen molar-refractivity contribution in [2.24, 2.45) is 11.8 Å². The molecule has 1 aliphatic heterocycles. The van der Waals surface area contributed by atoms with Gasteiger partial charge in [0.15, 0.2) is 0 Å². The van der Waals surface area contributed by atoms with E-state index in [0.717, 1.165) is 24.5 Å². The van der Waals surface area contributed by atoms with Crippen molar-refractivity contribution in [1.29, 1.82) is 0 Å². The summed E-state index contributed by atoms with van der Waals surface area (Å²) in [7, 11) is 0. The van der Waals surface area contributed by atoms with E-state index >= 15 is 0 Å². The average molecular weight is 257 g/mol. The average Bonchev–Trinajstić information content (AvgIpc) is 2.78. The van der Waals surface area contributed by atoms with Crippen molar-refractivity contribution in [2.75, 3.05) is 18.1 Å². The number of hydrogen-bond donors (Lipinski definition) is 1. The fourth-order valence-electron chi connectivity index (χ4n) is 2.72. The summed E-state index contributed by atoms with van der Waals surface area (Å²) in [5.74, 6) is 1.08. The summed E-state index contributed by atoms with van der Waals surface area (Å²) >= 11 is 1.88. The maximum absolute atomic E-state index is 12.3. The quantitative estimate of drug-likeness (QED) is 0.813. The molecule has 0 aromatic heterocycles. The molecule has 5 heteroatoms. The Kier molecular flexibility index (Phi) is 3.97. The Balaban J connectivity index is 1.94. The van der Waals surface area contributed by atoms with E-state index in [0.29, 0.717) is 18.9 Å². The zero-order chi connectivity index (χ0) is 12.4. The van der Waals surface area contributed by atoms with E-state index in [-0.39, 0.29) is 17.7 Å². The Morgan fingerprint density at radius 1 is 1.29 bits per heavy atom. The topological polar surface area (TPSA) is 57.6 Å². The number of thioether (sulfide) groups is 1. The van der Waals surface area contributed by atoms with E-state index < -0.39 is 5.97 Å². The molecule has 1 amide bonds. The monoisotopic (exact) mass is 257 g/mol. The van der Waals surface area contributed by atoms with Gasteiger partial charge in [-0.25, -0.2) is 0 Å². The van der Waals surface area contributed by atoms with Gasteiger partial charge in [0.2, 0.25) is 5.91 Å². The number of nitrogens with zero attached hydrogens (tertiary/aromatic N) is 1. The molecular formula is C12H19NO3S. The van der Waals surface area contributed by atoms with E-state index in [4.69, 9.17) is 5.11 Å². The lowest BCUT2D eigenvalue weighted by Crippen LogP contribution is -2.46. The molecule has 17 heavy (non-hydrogen) atoms. The first-order valence-electron chi connectivity index (χ1n) is 6.20. The van der Waals surface area contributed by atoms with Crippen molar-refractivity contribution in [3.8, 4) is 0 Å². The molecule has 1 aliphatic carbocycles. The van der Waals surface area contributed by atoms with Gasteiger partial charge in [-0.1, -0.05) is 0 Å². The van der Waals surface area contributed by atoms with Crippen LogP contribution in [0.2, 0.25) is 0 Å². The number of carboxylic acids is 1. The molecule has 2 aliphatic rings. The van der Waals surface area contributed by atoms with Crippen molar-refractivity contribution in [1.82, 2.24) is 4.90 Å². The maximum atomic E-state index is 12.3. The summed E-state index contributed by atoms with van der Waals surface area (Å²) in [5, 5.41) is 8.95. The number of amides is 1. The van der Waals surface area contributed by atoms with Crippen molar-refractivity contribution < 1.29 is 14.7 Å². The third-order valence-corrected chi connectivity index (χ3v) is 4.97. The fourth-order valence-corrected chi connectivity index (χ4v) is 3.73. The zero-order valence-corrected chi connectivity index (χ0v) is 10.9. The van der Waals surface area contributed by atoms with Gasteiger partial charge in [-0.2, -0.15) is 11.8 Å². The van der Waals surface area contributed by atoms with Crippen LogP contribution in [-0.4, -0.2) is 46.0 Å². The minimum absolute atomic E-state index is 0.0540. The molecule has 0 aromatic carbocycles. The van der Waals surface area contributed by atoms with Crippen LogP contribution in [0.4, 0.5) is 0 Å². The summed E-state index contributed by atoms with van der Waals surface area (Å²) in [6.07, 6.45) is 1.93. The number of hydrogen-bond acceptors (Lipinski definition) is 3. The van der Waals surface area contributed by atoms with Crippen LogP contribution in [0.5, 0.6) is 0 Å². The van der Waals surface area contributed by atoms with E-state index in [2.05, 4.69) is 6.92 Å². The predicted molar refractivity (Wildman–Crippen MR) is 67.0 cm³/mol. The lowest BCUT2D eigenvalue weighted by Gasteiger charge is -2.34. The van der Waals surface area contributed by atoms with Crippen LogP contribution in [0.1, 0.15) is 26.2 Å². The first-order valence-corrected chi connectivity index (χ1v) is 7.36. The molecule has 0 bridgehead atoms. The minimum Gasteiger partial charge on any atom is -0.481 e. The van der Waals surface area contributed by atoms with E-state index in [1.165, 1.54) is 0 Å². The first kappa shape index (κ1) is 12.7. The molecule has 4 nitrogen and oxygen atoms in total. The predicted octanol–water partition coefficient (Wildman–Crippen LogP) is 1.45. The first-order chi connectivity index (χ1) is 8.09. The maximum Gasteiger partial charge on any atom is 0.306 e. The Bertz CT molecular complexity index is 321. The molecule has 1 heterocycles. The molecule has 1 saturated heterocycles. The number of aliphatic carboxylic acids is 1. The highest BCUT2D eigenvalue weighted by Gasteiger charge is 2.37. The fraction of sp³-hybridized carbons (Fsp3) is 0.833. The van der Waals surface area contributed by atoms with Crippen LogP contribution in [0.25, 0.3) is 0 Å². The Hall–Kier alpha value is -0.710. The van der Waals surface area contributed by atoms with E-state index in [1.54, 1.807) is 0 Å². The van der Waals surface area contributed by atoms with Crippen molar-refractivity contribution in [3.05, 3.63) is 0 Å². The molecular weight excluding hydrogens is 238 g/mol. The van der Waals surface area contributed by atoms with Crippen LogP contribution in [0.15, 0.2) is 0 Å². The highest BCUT2D eigenvalue weighted by Crippen LogP contribution is 2.33. The Labute approximate surface area is 106 Å². The second kappa shape index (κ2) is 5.29. The number of carbonyl (C=O) groups is 2. The van der Waals surface area contributed by atoms with Gasteiger partial charge in [-0.15, -0.1) is 0 Å². The second-order valence-corrected chi connectivity index (χ2v) is 6.15. The van der Waals surface area contributed by atoms with Gasteiger partial charge < -0.3 is 10.0 Å². The normalized spacial score (nSPS) is 33.7. The zero-order valence-electron chi connectivity index (χ0n) is 10.1. The molecule has 2 fully saturated rings. The summed E-state index contributed by atoms with van der Waals surface area (Å²) < 4.78 is 0. The smallest absolute Gasteiger partial charge is 0.306 e. The molecule has 3 atom stereocenters. The molecule has 0 radical (unpaired) electrons. The highest BCUT2D eigenvalue weighted by atomic mass is 32.2. The van der Waals surface area contributed by atoms with Crippen LogP contribution >= 0.6 is 11.8 Å². The summed E-state index contributed by atoms with van der Waals surface area (Å²) in [6.45, 7) is 2.90. The molecule has 96 valence electrons. The summed E-state index contributed by atoms with van der Waals surface area (Å²) in [4.78, 5) is 25.1. The summed E-state index contributed by atoms with van der Waals surface area (Å²) in [5.41, 5.74) is 0. The van der Waals surface area contributed by atoms with Gasteiger partial charge in [0.1, 0.15) is 0 Å². The lowest BCUT2D eigenvalue weighted by molar-refractivity contribution is -0.141. The van der Waals surface area contributed by atoms with Crippen LogP contribution in [-0.2, 0) is 9.59 Å². The molecule has 1 unspecified atom stereocenters. The largest absolute Gasteiger partial charge is 0.481 e. The third-order valence-electron chi connectivity index (χ3n) is 3.78. The van der Waals surface area contributed by atoms with Gasteiger partial charge in [0.25, 0.3) is 0 Å². The van der Waals surface area contributed by atoms with E-state index in [9.17, 15) is 9.59 Å². The minimum atomic E-state index is -0.748. The Morgan fingerprint density at radius 3 is 2.59 bits per heavy atom. The molecule has 0 aromatic rings. The van der Waals surface area contributed by atoms with Gasteiger partial charge in [-0.3, -0.25) is 9.59 Å². The van der Waals surface area contributed by atoms with Crippen molar-refractivity contribution in [3.63, 3.8) is 0 Å². The van der Waals surface area contributed by atoms with Gasteiger partial charge in [0.05, 0.1) is 5.92 Å². The molecule has 1 N–H and O–H groups in total. The van der Waals surface area contributed by atoms with Gasteiger partial charge >= 0.3 is 5.97 Å². The van der Waals surface area contributed by atoms with Gasteiger partial charge in [0, 0.05) is 30.0 Å². The van der Waals surface area contributed by atoms with Crippen LogP contribution in [0.3, 0.4) is 0 Å². The number of carbonyl (C=O) groups excluding carboxylic acids is 1. The number of carboxylic acid groups (broad SMARTS) is 1. The second-order valence-electron chi connectivity index (χ2n) is 5.00. The third kappa shape index (κ3) is 2.76. The SMILES string of the molecule is CC1CSCCN1C(=O)[C@@H]1CC[C@H](C(=O)O)C1. The molecule has 0 spiro atoms. The number of rotatable bonds is 2. The Morgan fingerprint density at radius 2 is 2.00 bits per heavy atom. The molecule has 1 saturated carbocycles. The standard InChI is InChI=1S/C12H19NO3S/c1-8-7-17-5-4-13(8)11(14)9-2-3-10(6-9)12(15)16/h8-10H,2-7H2,1H3,(H,15,16)/t8?,9-,10+/m1/s1. The van der Waals surface area contributed by atoms with Crippen LogP contribution < -0.4 is 0 Å². The van der Waals surface area contributed by atoms with Crippen LogP contribution in [0, 0.1) is 11.8 Å². The van der Waals surface area contributed by atoms with Crippen molar-refractivity contribution in [2.45, 2.75) is 32.2 Å². The highest BCUT2D eigenvalue weighted by molar-refractivity contribution is 7.99. The summed E-state index contributed by atoms with van der Waals surface area (Å²) in [6, 6.07) is 0.296. The van der Waals surface area contributed by atoms with Gasteiger partial charge in [-0.05, 0) is 26.2 Å². The lowest BCUT2D eigenvalue weighted by atomic mass is 10.0. The molecule has 2 rings (SSSR count).